The highest BCUT2D eigenvalue weighted by Crippen LogP contribution is 2.41. The molecule has 21 heavy (non-hydrogen) atoms. The monoisotopic (exact) mass is 396 g/mol. The number of benzene rings is 1. The van der Waals surface area contributed by atoms with Crippen molar-refractivity contribution in [2.75, 3.05) is 26.2 Å². The third-order valence-corrected chi connectivity index (χ3v) is 4.84. The van der Waals surface area contributed by atoms with E-state index in [0.29, 0.717) is 11.8 Å². The Balaban J connectivity index is 0.00000110. The van der Waals surface area contributed by atoms with E-state index < -0.39 is 0 Å². The summed E-state index contributed by atoms with van der Waals surface area (Å²) >= 11 is 3.44. The molecule has 1 aromatic carbocycles. The molecule has 0 spiro atoms. The van der Waals surface area contributed by atoms with Crippen LogP contribution in [0.4, 0.5) is 0 Å². The number of halogens is 3. The van der Waals surface area contributed by atoms with Gasteiger partial charge in [-0.05, 0) is 46.0 Å². The maximum atomic E-state index is 9.66. The van der Waals surface area contributed by atoms with Gasteiger partial charge in [0.05, 0.1) is 4.47 Å². The van der Waals surface area contributed by atoms with E-state index in [9.17, 15) is 5.11 Å². The highest BCUT2D eigenvalue weighted by Gasteiger charge is 2.30. The van der Waals surface area contributed by atoms with Crippen molar-refractivity contribution in [3.8, 4) is 5.75 Å². The number of rotatable bonds is 4. The topological polar surface area (TPSA) is 35.5 Å². The lowest BCUT2D eigenvalue weighted by Gasteiger charge is -2.35. The van der Waals surface area contributed by atoms with Gasteiger partial charge in [-0.2, -0.15) is 0 Å². The number of nitrogens with one attached hydrogen (secondary N) is 1. The first-order valence-corrected chi connectivity index (χ1v) is 7.96. The number of phenolic OH excluding ortho intramolecular Hbond substituents is 1. The van der Waals surface area contributed by atoms with Gasteiger partial charge in [0.15, 0.2) is 0 Å². The predicted molar refractivity (Wildman–Crippen MR) is 94.8 cm³/mol. The largest absolute Gasteiger partial charge is 0.507 e. The molecule has 1 saturated carbocycles. The Morgan fingerprint density at radius 2 is 1.90 bits per heavy atom. The maximum absolute atomic E-state index is 9.66. The minimum absolute atomic E-state index is 0. The van der Waals surface area contributed by atoms with Crippen molar-refractivity contribution in [3.05, 3.63) is 28.2 Å². The summed E-state index contributed by atoms with van der Waals surface area (Å²) in [6.07, 6.45) is 4.04. The number of hydrogen-bond donors (Lipinski definition) is 2. The van der Waals surface area contributed by atoms with Gasteiger partial charge in [-0.25, -0.2) is 0 Å². The molecule has 1 saturated heterocycles. The summed E-state index contributed by atoms with van der Waals surface area (Å²) in [5, 5.41) is 13.1. The molecular formula is C15H23BrCl2N2O. The van der Waals surface area contributed by atoms with Crippen LogP contribution in [0.25, 0.3) is 0 Å². The minimum Gasteiger partial charge on any atom is -0.507 e. The van der Waals surface area contributed by atoms with Gasteiger partial charge in [0.1, 0.15) is 5.75 Å². The Labute approximate surface area is 147 Å². The summed E-state index contributed by atoms with van der Waals surface area (Å²) in [4.78, 5) is 2.59. The first kappa shape index (κ1) is 19.0. The summed E-state index contributed by atoms with van der Waals surface area (Å²) in [5.41, 5.74) is 1.33. The van der Waals surface area contributed by atoms with Crippen LogP contribution in [0, 0.1) is 5.92 Å². The third-order valence-electron chi connectivity index (χ3n) is 4.20. The summed E-state index contributed by atoms with van der Waals surface area (Å²) in [5.74, 6) is 1.24. The van der Waals surface area contributed by atoms with Crippen molar-refractivity contribution in [2.24, 2.45) is 5.92 Å². The van der Waals surface area contributed by atoms with Crippen LogP contribution in [-0.4, -0.2) is 36.2 Å². The zero-order valence-corrected chi connectivity index (χ0v) is 15.1. The standard InChI is InChI=1S/C15H21BrN2O.2ClH/c16-13-10-12(3-4-15(13)19)14(9-11-1-2-11)18-7-5-17-6-8-18;;/h3-4,10-11,14,17,19H,1-2,5-9H2;2*1H/t14-;;/m0../s1. The fourth-order valence-corrected chi connectivity index (χ4v) is 3.29. The van der Waals surface area contributed by atoms with Gasteiger partial charge in [-0.1, -0.05) is 18.9 Å². The Morgan fingerprint density at radius 3 is 2.48 bits per heavy atom. The van der Waals surface area contributed by atoms with E-state index in [1.54, 1.807) is 0 Å². The van der Waals surface area contributed by atoms with Gasteiger partial charge >= 0.3 is 0 Å². The van der Waals surface area contributed by atoms with Crippen molar-refractivity contribution >= 4 is 40.7 Å². The van der Waals surface area contributed by atoms with Gasteiger partial charge in [-0.15, -0.1) is 24.8 Å². The van der Waals surface area contributed by atoms with Crippen LogP contribution in [0.15, 0.2) is 22.7 Å². The first-order chi connectivity index (χ1) is 9.24. The molecular weight excluding hydrogens is 375 g/mol. The second-order valence-corrected chi connectivity index (χ2v) is 6.55. The van der Waals surface area contributed by atoms with Gasteiger partial charge in [0, 0.05) is 32.2 Å². The molecule has 0 amide bonds. The molecule has 3 rings (SSSR count). The zero-order valence-electron chi connectivity index (χ0n) is 11.9. The minimum atomic E-state index is 0. The second kappa shape index (κ2) is 8.59. The van der Waals surface area contributed by atoms with Gasteiger partial charge in [-0.3, -0.25) is 4.90 Å². The fourth-order valence-electron chi connectivity index (χ4n) is 2.89. The lowest BCUT2D eigenvalue weighted by Crippen LogP contribution is -2.45. The van der Waals surface area contributed by atoms with Crippen LogP contribution < -0.4 is 5.32 Å². The summed E-state index contributed by atoms with van der Waals surface area (Å²) in [6.45, 7) is 4.41. The first-order valence-electron chi connectivity index (χ1n) is 7.17. The molecule has 6 heteroatoms. The molecule has 1 aliphatic carbocycles. The van der Waals surface area contributed by atoms with E-state index in [4.69, 9.17) is 0 Å². The Bertz CT molecular complexity index is 451. The highest BCUT2D eigenvalue weighted by atomic mass is 79.9. The van der Waals surface area contributed by atoms with E-state index in [1.165, 1.54) is 24.8 Å². The van der Waals surface area contributed by atoms with Crippen LogP contribution in [-0.2, 0) is 0 Å². The number of nitrogens with zero attached hydrogens (tertiary/aromatic N) is 1. The number of phenols is 1. The Morgan fingerprint density at radius 1 is 1.24 bits per heavy atom. The van der Waals surface area contributed by atoms with Crippen LogP contribution >= 0.6 is 40.7 Å². The average Bonchev–Trinajstić information content (AvgIpc) is 3.24. The Kier molecular flexibility index (Phi) is 7.79. The fraction of sp³-hybridized carbons (Fsp3) is 0.600. The molecule has 2 N–H and O–H groups in total. The molecule has 3 nitrogen and oxygen atoms in total. The molecule has 0 aromatic heterocycles. The molecule has 1 aromatic rings. The van der Waals surface area contributed by atoms with Crippen molar-refractivity contribution in [1.82, 2.24) is 10.2 Å². The molecule has 0 bridgehead atoms. The van der Waals surface area contributed by atoms with Crippen molar-refractivity contribution in [1.29, 1.82) is 0 Å². The molecule has 1 atom stereocenters. The molecule has 1 heterocycles. The lowest BCUT2D eigenvalue weighted by molar-refractivity contribution is 0.160. The zero-order chi connectivity index (χ0) is 13.2. The summed E-state index contributed by atoms with van der Waals surface area (Å²) in [6, 6.07) is 6.48. The summed E-state index contributed by atoms with van der Waals surface area (Å²) in [7, 11) is 0. The van der Waals surface area contributed by atoms with E-state index >= 15 is 0 Å². The molecule has 1 aliphatic heterocycles. The van der Waals surface area contributed by atoms with Gasteiger partial charge < -0.3 is 10.4 Å². The molecule has 0 radical (unpaired) electrons. The molecule has 0 unspecified atom stereocenters. The van der Waals surface area contributed by atoms with Crippen LogP contribution in [0.5, 0.6) is 5.75 Å². The van der Waals surface area contributed by atoms with Gasteiger partial charge in [0.2, 0.25) is 0 Å². The SMILES string of the molecule is Cl.Cl.Oc1ccc([C@H](CC2CC2)N2CCNCC2)cc1Br. The van der Waals surface area contributed by atoms with E-state index in [0.717, 1.165) is 36.6 Å². The van der Waals surface area contributed by atoms with Crippen LogP contribution in [0.2, 0.25) is 0 Å². The second-order valence-electron chi connectivity index (χ2n) is 5.69. The van der Waals surface area contributed by atoms with Crippen molar-refractivity contribution in [3.63, 3.8) is 0 Å². The number of piperazine rings is 1. The number of hydrogen-bond acceptors (Lipinski definition) is 3. The van der Waals surface area contributed by atoms with Crippen LogP contribution in [0.3, 0.4) is 0 Å². The van der Waals surface area contributed by atoms with Gasteiger partial charge in [0.25, 0.3) is 0 Å². The normalized spacial score (nSPS) is 20.2. The van der Waals surface area contributed by atoms with Crippen molar-refractivity contribution < 1.29 is 5.11 Å². The lowest BCUT2D eigenvalue weighted by atomic mass is 9.98. The maximum Gasteiger partial charge on any atom is 0.129 e. The summed E-state index contributed by atoms with van der Waals surface area (Å²) < 4.78 is 0.806. The van der Waals surface area contributed by atoms with E-state index in [-0.39, 0.29) is 24.8 Å². The molecule has 120 valence electrons. The third kappa shape index (κ3) is 5.00. The quantitative estimate of drug-likeness (QED) is 0.812. The predicted octanol–water partition coefficient (Wildman–Crippen LogP) is 3.74. The molecule has 2 aliphatic rings. The van der Waals surface area contributed by atoms with E-state index in [2.05, 4.69) is 38.3 Å². The van der Waals surface area contributed by atoms with Crippen LogP contribution in [0.1, 0.15) is 30.9 Å². The highest BCUT2D eigenvalue weighted by molar-refractivity contribution is 9.10. The van der Waals surface area contributed by atoms with Crippen molar-refractivity contribution in [2.45, 2.75) is 25.3 Å². The average molecular weight is 398 g/mol. The molecule has 2 fully saturated rings. The van der Waals surface area contributed by atoms with E-state index in [1.807, 2.05) is 6.07 Å². The smallest absolute Gasteiger partial charge is 0.129 e. The number of aromatic hydroxyl groups is 1. The Hall–Kier alpha value is -0.000000000000000111.